The highest BCUT2D eigenvalue weighted by molar-refractivity contribution is 6.42. The monoisotopic (exact) mass is 213 g/mol. The largest absolute Gasteiger partial charge is 0.315 e. The molecule has 0 amide bonds. The maximum Gasteiger partial charge on any atom is 0.0595 e. The standard InChI is InChI=1S/C10H9Cl2N/c11-9-1-5-6(2-10(9)12)8-4-13-3-7(5)8/h1-2,7-8,13H,3-4H2. The van der Waals surface area contributed by atoms with Crippen molar-refractivity contribution in [3.05, 3.63) is 33.3 Å². The fraction of sp³-hybridized carbons (Fsp3) is 0.400. The van der Waals surface area contributed by atoms with Gasteiger partial charge >= 0.3 is 0 Å². The molecule has 3 rings (SSSR count). The molecule has 1 heterocycles. The van der Waals surface area contributed by atoms with E-state index in [2.05, 4.69) is 5.32 Å². The van der Waals surface area contributed by atoms with Gasteiger partial charge in [0.05, 0.1) is 10.0 Å². The maximum atomic E-state index is 5.96. The van der Waals surface area contributed by atoms with Crippen LogP contribution >= 0.6 is 23.2 Å². The topological polar surface area (TPSA) is 12.0 Å². The number of fused-ring (bicyclic) bond motifs is 4. The average Bonchev–Trinajstić information content (AvgIpc) is 2.52. The Hall–Kier alpha value is -0.240. The van der Waals surface area contributed by atoms with E-state index < -0.39 is 0 Å². The van der Waals surface area contributed by atoms with Crippen molar-refractivity contribution in [2.24, 2.45) is 0 Å². The van der Waals surface area contributed by atoms with Crippen LogP contribution in [-0.4, -0.2) is 13.1 Å². The van der Waals surface area contributed by atoms with Crippen LogP contribution in [0.3, 0.4) is 0 Å². The number of halogens is 2. The summed E-state index contributed by atoms with van der Waals surface area (Å²) in [5.41, 5.74) is 2.79. The minimum Gasteiger partial charge on any atom is -0.315 e. The van der Waals surface area contributed by atoms with Crippen LogP contribution in [0.5, 0.6) is 0 Å². The molecule has 2 atom stereocenters. The van der Waals surface area contributed by atoms with E-state index >= 15 is 0 Å². The molecule has 68 valence electrons. The second-order valence-electron chi connectivity index (χ2n) is 3.77. The summed E-state index contributed by atoms with van der Waals surface area (Å²) in [6.45, 7) is 2.19. The summed E-state index contributed by atoms with van der Waals surface area (Å²) < 4.78 is 0. The summed E-state index contributed by atoms with van der Waals surface area (Å²) in [5.74, 6) is 1.37. The average molecular weight is 214 g/mol. The maximum absolute atomic E-state index is 5.96. The van der Waals surface area contributed by atoms with Crippen LogP contribution in [0.2, 0.25) is 10.0 Å². The molecule has 1 nitrogen and oxygen atoms in total. The molecule has 0 radical (unpaired) electrons. The van der Waals surface area contributed by atoms with Crippen molar-refractivity contribution in [3.8, 4) is 0 Å². The first-order valence-corrected chi connectivity index (χ1v) is 5.22. The fourth-order valence-electron chi connectivity index (χ4n) is 2.46. The molecule has 1 aromatic rings. The lowest BCUT2D eigenvalue weighted by Crippen LogP contribution is -2.22. The van der Waals surface area contributed by atoms with E-state index in [9.17, 15) is 0 Å². The Bertz CT molecular complexity index is 340. The molecule has 2 unspecified atom stereocenters. The van der Waals surface area contributed by atoms with Gasteiger partial charge < -0.3 is 5.32 Å². The van der Waals surface area contributed by atoms with Gasteiger partial charge in [0.1, 0.15) is 0 Å². The smallest absolute Gasteiger partial charge is 0.0595 e. The third kappa shape index (κ3) is 0.983. The summed E-state index contributed by atoms with van der Waals surface area (Å²) in [5, 5.41) is 4.76. The second-order valence-corrected chi connectivity index (χ2v) is 4.58. The molecule has 1 N–H and O–H groups in total. The van der Waals surface area contributed by atoms with E-state index in [0.29, 0.717) is 21.9 Å². The van der Waals surface area contributed by atoms with Gasteiger partial charge in [-0.25, -0.2) is 0 Å². The quantitative estimate of drug-likeness (QED) is 0.700. The van der Waals surface area contributed by atoms with E-state index in [1.54, 1.807) is 0 Å². The molecule has 0 bridgehead atoms. The lowest BCUT2D eigenvalue weighted by Gasteiger charge is -2.34. The van der Waals surface area contributed by atoms with Crippen LogP contribution in [0, 0.1) is 0 Å². The Balaban J connectivity index is 2.13. The van der Waals surface area contributed by atoms with Gasteiger partial charge in [-0.05, 0) is 23.3 Å². The van der Waals surface area contributed by atoms with Crippen molar-refractivity contribution < 1.29 is 0 Å². The molecular formula is C10H9Cl2N. The van der Waals surface area contributed by atoms with Gasteiger partial charge in [-0.15, -0.1) is 0 Å². The van der Waals surface area contributed by atoms with E-state index in [4.69, 9.17) is 23.2 Å². The third-order valence-electron chi connectivity index (χ3n) is 3.14. The zero-order chi connectivity index (χ0) is 9.00. The van der Waals surface area contributed by atoms with E-state index in [1.165, 1.54) is 11.1 Å². The number of hydrogen-bond donors (Lipinski definition) is 1. The second kappa shape index (κ2) is 2.63. The lowest BCUT2D eigenvalue weighted by molar-refractivity contribution is 0.580. The number of benzene rings is 1. The molecule has 3 heteroatoms. The van der Waals surface area contributed by atoms with Gasteiger partial charge in [-0.1, -0.05) is 23.2 Å². The Morgan fingerprint density at radius 3 is 1.92 bits per heavy atom. The fourth-order valence-corrected chi connectivity index (χ4v) is 2.80. The number of hydrogen-bond acceptors (Lipinski definition) is 1. The van der Waals surface area contributed by atoms with Crippen LogP contribution < -0.4 is 5.32 Å². The van der Waals surface area contributed by atoms with Crippen molar-refractivity contribution in [2.75, 3.05) is 13.1 Å². The molecular weight excluding hydrogens is 205 g/mol. The van der Waals surface area contributed by atoms with E-state index in [-0.39, 0.29) is 0 Å². The van der Waals surface area contributed by atoms with Crippen molar-refractivity contribution in [2.45, 2.75) is 11.8 Å². The molecule has 1 aliphatic carbocycles. The Morgan fingerprint density at radius 1 is 1.00 bits per heavy atom. The molecule has 0 saturated carbocycles. The van der Waals surface area contributed by atoms with Crippen molar-refractivity contribution >= 4 is 23.2 Å². The summed E-state index contributed by atoms with van der Waals surface area (Å²) in [6, 6.07) is 4.04. The molecule has 1 aromatic carbocycles. The first kappa shape index (κ1) is 8.10. The number of nitrogens with one attached hydrogen (secondary N) is 1. The normalized spacial score (nSPS) is 29.4. The summed E-state index contributed by atoms with van der Waals surface area (Å²) >= 11 is 11.9. The molecule has 13 heavy (non-hydrogen) atoms. The predicted molar refractivity (Wildman–Crippen MR) is 54.8 cm³/mol. The van der Waals surface area contributed by atoms with Gasteiger partial charge in [-0.3, -0.25) is 0 Å². The van der Waals surface area contributed by atoms with Crippen LogP contribution in [0.4, 0.5) is 0 Å². The third-order valence-corrected chi connectivity index (χ3v) is 3.86. The van der Waals surface area contributed by atoms with Gasteiger partial charge in [0.15, 0.2) is 0 Å². The first-order chi connectivity index (χ1) is 6.27. The van der Waals surface area contributed by atoms with Crippen molar-refractivity contribution in [1.29, 1.82) is 0 Å². The summed E-state index contributed by atoms with van der Waals surface area (Å²) in [4.78, 5) is 0. The van der Waals surface area contributed by atoms with Crippen LogP contribution in [-0.2, 0) is 0 Å². The number of rotatable bonds is 0. The SMILES string of the molecule is Clc1cc2c(cc1Cl)C1CNCC21. The predicted octanol–water partition coefficient (Wildman–Crippen LogP) is 2.78. The highest BCUT2D eigenvalue weighted by Gasteiger charge is 2.41. The van der Waals surface area contributed by atoms with E-state index in [0.717, 1.165) is 13.1 Å². The minimum absolute atomic E-state index is 0.685. The zero-order valence-electron chi connectivity index (χ0n) is 6.98. The Kier molecular flexibility index (Phi) is 1.64. The molecule has 0 aromatic heterocycles. The van der Waals surface area contributed by atoms with Crippen molar-refractivity contribution in [3.63, 3.8) is 0 Å². The molecule has 1 fully saturated rings. The van der Waals surface area contributed by atoms with Gasteiger partial charge in [0.25, 0.3) is 0 Å². The summed E-state index contributed by atoms with van der Waals surface area (Å²) in [7, 11) is 0. The molecule has 1 saturated heterocycles. The highest BCUT2D eigenvalue weighted by atomic mass is 35.5. The molecule has 1 aliphatic heterocycles. The minimum atomic E-state index is 0.685. The molecule has 0 spiro atoms. The van der Waals surface area contributed by atoms with Crippen LogP contribution in [0.15, 0.2) is 12.1 Å². The first-order valence-electron chi connectivity index (χ1n) is 4.47. The van der Waals surface area contributed by atoms with Crippen LogP contribution in [0.1, 0.15) is 23.0 Å². The lowest BCUT2D eigenvalue weighted by atomic mass is 9.70. The zero-order valence-corrected chi connectivity index (χ0v) is 8.49. The van der Waals surface area contributed by atoms with Crippen LogP contribution in [0.25, 0.3) is 0 Å². The Labute approximate surface area is 87.0 Å². The Morgan fingerprint density at radius 2 is 1.46 bits per heavy atom. The van der Waals surface area contributed by atoms with Gasteiger partial charge in [-0.2, -0.15) is 0 Å². The van der Waals surface area contributed by atoms with Gasteiger partial charge in [0, 0.05) is 24.9 Å². The highest BCUT2D eigenvalue weighted by Crippen LogP contribution is 2.50. The van der Waals surface area contributed by atoms with E-state index in [1.807, 2.05) is 12.1 Å². The van der Waals surface area contributed by atoms with Gasteiger partial charge in [0.2, 0.25) is 0 Å². The molecule has 2 aliphatic rings. The van der Waals surface area contributed by atoms with Crippen molar-refractivity contribution in [1.82, 2.24) is 5.32 Å². The summed E-state index contributed by atoms with van der Waals surface area (Å²) in [6.07, 6.45) is 0.